The van der Waals surface area contributed by atoms with E-state index < -0.39 is 5.97 Å². The van der Waals surface area contributed by atoms with Gasteiger partial charge in [0.25, 0.3) is 0 Å². The number of hydrogen-bond acceptors (Lipinski definition) is 6. The molecule has 2 aromatic rings. The molecule has 0 bridgehead atoms. The lowest BCUT2D eigenvalue weighted by molar-refractivity contribution is -0.115. The van der Waals surface area contributed by atoms with E-state index in [9.17, 15) is 9.59 Å². The number of aryl methyl sites for hydroxylation is 1. The van der Waals surface area contributed by atoms with Gasteiger partial charge in [-0.15, -0.1) is 11.8 Å². The molecule has 7 heteroatoms. The highest BCUT2D eigenvalue weighted by Gasteiger charge is 2.13. The number of methoxy groups -OCH3 is 1. The molecule has 1 N–H and O–H groups in total. The average Bonchev–Trinajstić information content (AvgIpc) is 2.61. The summed E-state index contributed by atoms with van der Waals surface area (Å²) >= 11 is 1.35. The van der Waals surface area contributed by atoms with Crippen LogP contribution in [-0.4, -0.2) is 29.7 Å². The molecular weight excluding hydrogens is 338 g/mol. The third-order valence-electron chi connectivity index (χ3n) is 3.29. The Morgan fingerprint density at radius 1 is 1.28 bits per heavy atom. The summed E-state index contributed by atoms with van der Waals surface area (Å²) < 4.78 is 4.70. The number of ether oxygens (including phenoxy) is 1. The van der Waals surface area contributed by atoms with Crippen molar-refractivity contribution in [3.63, 3.8) is 0 Å². The van der Waals surface area contributed by atoms with E-state index in [0.29, 0.717) is 27.6 Å². The van der Waals surface area contributed by atoms with E-state index in [1.54, 1.807) is 36.4 Å². The summed E-state index contributed by atoms with van der Waals surface area (Å²) in [4.78, 5) is 28.1. The summed E-state index contributed by atoms with van der Waals surface area (Å²) in [6.07, 6.45) is 0.223. The molecular formula is C18H17N3O3S. The molecule has 1 aromatic carbocycles. The molecule has 0 unspecified atom stereocenters. The molecule has 0 saturated carbocycles. The van der Waals surface area contributed by atoms with E-state index in [1.165, 1.54) is 18.9 Å². The second-order valence-electron chi connectivity index (χ2n) is 5.10. The van der Waals surface area contributed by atoms with Gasteiger partial charge >= 0.3 is 5.97 Å². The lowest BCUT2D eigenvalue weighted by Gasteiger charge is -2.09. The van der Waals surface area contributed by atoms with Crippen molar-refractivity contribution < 1.29 is 14.3 Å². The Balaban J connectivity index is 1.96. The summed E-state index contributed by atoms with van der Waals surface area (Å²) in [5.41, 5.74) is 2.03. The number of para-hydroxylation sites is 1. The first kappa shape index (κ1) is 18.5. The highest BCUT2D eigenvalue weighted by Crippen LogP contribution is 2.22. The third-order valence-corrected chi connectivity index (χ3v) is 4.29. The Kier molecular flexibility index (Phi) is 6.54. The van der Waals surface area contributed by atoms with Crippen LogP contribution >= 0.6 is 11.8 Å². The summed E-state index contributed by atoms with van der Waals surface area (Å²) in [6, 6.07) is 12.3. The average molecular weight is 355 g/mol. The van der Waals surface area contributed by atoms with Crippen LogP contribution in [0.25, 0.3) is 0 Å². The topological polar surface area (TPSA) is 92.1 Å². The normalized spacial score (nSPS) is 9.96. The molecule has 0 fully saturated rings. The number of aromatic nitrogens is 1. The number of esters is 1. The fraction of sp³-hybridized carbons (Fsp3) is 0.222. The zero-order valence-electron chi connectivity index (χ0n) is 13.9. The van der Waals surface area contributed by atoms with Crippen LogP contribution in [0.3, 0.4) is 0 Å². The number of nitrogens with zero attached hydrogens (tertiary/aromatic N) is 2. The molecule has 2 rings (SSSR count). The molecule has 1 heterocycles. The number of carbonyl (C=O) groups is 2. The molecule has 0 atom stereocenters. The molecule has 25 heavy (non-hydrogen) atoms. The standard InChI is InChI=1S/C18H17N3O3S/c1-12-7-8-13(11-19)17(20-12)25-10-9-16(22)21-15-6-4-3-5-14(15)18(23)24-2/h3-8H,9-10H2,1-2H3,(H,21,22). The van der Waals surface area contributed by atoms with Crippen LogP contribution in [0.1, 0.15) is 28.0 Å². The van der Waals surface area contributed by atoms with Gasteiger partial charge in [-0.2, -0.15) is 5.26 Å². The predicted octanol–water partition coefficient (Wildman–Crippen LogP) is 3.17. The Morgan fingerprint density at radius 2 is 2.04 bits per heavy atom. The highest BCUT2D eigenvalue weighted by atomic mass is 32.2. The minimum Gasteiger partial charge on any atom is -0.465 e. The van der Waals surface area contributed by atoms with Crippen LogP contribution in [0, 0.1) is 18.3 Å². The second-order valence-corrected chi connectivity index (χ2v) is 6.18. The fourth-order valence-electron chi connectivity index (χ4n) is 2.06. The highest BCUT2D eigenvalue weighted by molar-refractivity contribution is 7.99. The van der Waals surface area contributed by atoms with Crippen LogP contribution in [0.4, 0.5) is 5.69 Å². The van der Waals surface area contributed by atoms with E-state index in [2.05, 4.69) is 16.4 Å². The predicted molar refractivity (Wildman–Crippen MR) is 95.4 cm³/mol. The molecule has 6 nitrogen and oxygen atoms in total. The number of thioether (sulfide) groups is 1. The Bertz CT molecular complexity index is 831. The van der Waals surface area contributed by atoms with Gasteiger partial charge in [0, 0.05) is 17.9 Å². The van der Waals surface area contributed by atoms with E-state index in [1.807, 2.05) is 6.92 Å². The summed E-state index contributed by atoms with van der Waals surface area (Å²) in [5.74, 6) is -0.264. The Labute approximate surface area is 150 Å². The van der Waals surface area contributed by atoms with Gasteiger partial charge < -0.3 is 10.1 Å². The maximum absolute atomic E-state index is 12.1. The van der Waals surface area contributed by atoms with Crippen molar-refractivity contribution in [2.45, 2.75) is 18.4 Å². The van der Waals surface area contributed by atoms with E-state index >= 15 is 0 Å². The molecule has 0 aliphatic heterocycles. The molecule has 0 aliphatic rings. The van der Waals surface area contributed by atoms with E-state index in [-0.39, 0.29) is 12.3 Å². The van der Waals surface area contributed by atoms with E-state index in [4.69, 9.17) is 10.00 Å². The van der Waals surface area contributed by atoms with Gasteiger partial charge in [0.2, 0.25) is 5.91 Å². The van der Waals surface area contributed by atoms with Crippen LogP contribution in [-0.2, 0) is 9.53 Å². The first-order valence-corrected chi connectivity index (χ1v) is 8.51. The van der Waals surface area contributed by atoms with Gasteiger partial charge in [-0.1, -0.05) is 12.1 Å². The van der Waals surface area contributed by atoms with Crippen molar-refractivity contribution in [1.29, 1.82) is 5.26 Å². The minimum absolute atomic E-state index is 0.223. The van der Waals surface area contributed by atoms with Crippen molar-refractivity contribution in [3.05, 3.63) is 53.2 Å². The Hall–Kier alpha value is -2.85. The summed E-state index contributed by atoms with van der Waals surface area (Å²) in [5, 5.41) is 12.4. The number of hydrogen-bond donors (Lipinski definition) is 1. The van der Waals surface area contributed by atoms with Crippen molar-refractivity contribution in [2.24, 2.45) is 0 Å². The monoisotopic (exact) mass is 355 g/mol. The van der Waals surface area contributed by atoms with E-state index in [0.717, 1.165) is 5.69 Å². The summed E-state index contributed by atoms with van der Waals surface area (Å²) in [7, 11) is 1.29. The molecule has 0 saturated heterocycles. The molecule has 0 radical (unpaired) electrons. The minimum atomic E-state index is -0.507. The van der Waals surface area contributed by atoms with Gasteiger partial charge in [-0.05, 0) is 31.2 Å². The lowest BCUT2D eigenvalue weighted by Crippen LogP contribution is -2.15. The van der Waals surface area contributed by atoms with Crippen LogP contribution in [0.5, 0.6) is 0 Å². The number of benzene rings is 1. The molecule has 128 valence electrons. The third kappa shape index (κ3) is 5.06. The van der Waals surface area contributed by atoms with Crippen molar-refractivity contribution >= 4 is 29.3 Å². The van der Waals surface area contributed by atoms with Gasteiger partial charge in [0.05, 0.1) is 23.9 Å². The number of nitrogens with one attached hydrogen (secondary N) is 1. The zero-order valence-corrected chi connectivity index (χ0v) is 14.7. The molecule has 0 spiro atoms. The maximum atomic E-state index is 12.1. The molecule has 0 aliphatic carbocycles. The second kappa shape index (κ2) is 8.85. The summed E-state index contributed by atoms with van der Waals surface area (Å²) in [6.45, 7) is 1.85. The van der Waals surface area contributed by atoms with Crippen LogP contribution in [0.15, 0.2) is 41.4 Å². The van der Waals surface area contributed by atoms with Gasteiger partial charge in [0.15, 0.2) is 0 Å². The number of carbonyl (C=O) groups excluding carboxylic acids is 2. The largest absolute Gasteiger partial charge is 0.465 e. The number of pyridine rings is 1. The number of amides is 1. The Morgan fingerprint density at radius 3 is 2.76 bits per heavy atom. The van der Waals surface area contributed by atoms with Crippen molar-refractivity contribution in [2.75, 3.05) is 18.2 Å². The first-order chi connectivity index (χ1) is 12.0. The van der Waals surface area contributed by atoms with Crippen LogP contribution < -0.4 is 5.32 Å². The fourth-order valence-corrected chi connectivity index (χ4v) is 3.02. The van der Waals surface area contributed by atoms with Crippen LogP contribution in [0.2, 0.25) is 0 Å². The SMILES string of the molecule is COC(=O)c1ccccc1NC(=O)CCSc1nc(C)ccc1C#N. The maximum Gasteiger partial charge on any atom is 0.339 e. The quantitative estimate of drug-likeness (QED) is 0.632. The number of nitriles is 1. The van der Waals surface area contributed by atoms with Gasteiger partial charge in [0.1, 0.15) is 11.1 Å². The lowest BCUT2D eigenvalue weighted by atomic mass is 10.2. The zero-order chi connectivity index (χ0) is 18.2. The first-order valence-electron chi connectivity index (χ1n) is 7.53. The smallest absolute Gasteiger partial charge is 0.339 e. The molecule has 1 amide bonds. The van der Waals surface area contributed by atoms with Gasteiger partial charge in [-0.3, -0.25) is 4.79 Å². The van der Waals surface area contributed by atoms with Crippen molar-refractivity contribution in [1.82, 2.24) is 4.98 Å². The van der Waals surface area contributed by atoms with Crippen molar-refractivity contribution in [3.8, 4) is 6.07 Å². The number of anilines is 1. The molecule has 1 aromatic heterocycles. The number of rotatable bonds is 6. The van der Waals surface area contributed by atoms with Gasteiger partial charge in [-0.25, -0.2) is 9.78 Å².